The van der Waals surface area contributed by atoms with Crippen LogP contribution < -0.4 is 5.32 Å². The van der Waals surface area contributed by atoms with Gasteiger partial charge in [0.1, 0.15) is 0 Å². The summed E-state index contributed by atoms with van der Waals surface area (Å²) in [5.74, 6) is -0.0637. The Balaban J connectivity index is 3.45. The topological polar surface area (TPSA) is 95.9 Å². The molecule has 67 heavy (non-hydrogen) atoms. The first-order valence-corrected chi connectivity index (χ1v) is 30.1. The second-order valence-corrected chi connectivity index (χ2v) is 20.7. The zero-order valence-electron chi connectivity index (χ0n) is 45.1. The molecule has 0 heterocycles. The molecule has 0 saturated heterocycles. The second kappa shape index (κ2) is 56.9. The molecule has 0 bridgehead atoms. The highest BCUT2D eigenvalue weighted by Crippen LogP contribution is 2.18. The Kier molecular flexibility index (Phi) is 55.5. The normalized spacial score (nSPS) is 12.7. The van der Waals surface area contributed by atoms with Crippen LogP contribution in [0.25, 0.3) is 0 Å². The Morgan fingerprint density at radius 1 is 0.418 bits per heavy atom. The van der Waals surface area contributed by atoms with Crippen molar-refractivity contribution in [3.63, 3.8) is 0 Å². The van der Waals surface area contributed by atoms with Crippen LogP contribution in [0.2, 0.25) is 0 Å². The minimum absolute atomic E-state index is 0.0156. The molecular formula is C61H117NO5. The molecule has 0 saturated carbocycles. The van der Waals surface area contributed by atoms with Gasteiger partial charge >= 0.3 is 5.97 Å². The fraction of sp³-hybridized carbons (Fsp3) is 0.902. The van der Waals surface area contributed by atoms with Crippen LogP contribution in [0.5, 0.6) is 0 Å². The lowest BCUT2D eigenvalue weighted by Gasteiger charge is -2.22. The molecule has 0 aromatic heterocycles. The summed E-state index contributed by atoms with van der Waals surface area (Å²) in [6, 6.07) is -0.554. The molecule has 0 fully saturated rings. The van der Waals surface area contributed by atoms with Crippen LogP contribution in [0.3, 0.4) is 0 Å². The molecule has 396 valence electrons. The molecule has 0 aliphatic carbocycles. The first kappa shape index (κ1) is 65.3. The number of allylic oxidation sites excluding steroid dienone is 4. The van der Waals surface area contributed by atoms with Gasteiger partial charge in [0.05, 0.1) is 25.4 Å². The number of esters is 1. The molecule has 6 heteroatoms. The van der Waals surface area contributed by atoms with E-state index in [-0.39, 0.29) is 18.5 Å². The van der Waals surface area contributed by atoms with Gasteiger partial charge in [-0.1, -0.05) is 282 Å². The summed E-state index contributed by atoms with van der Waals surface area (Å²) in [5.41, 5.74) is 0. The number of aliphatic hydroxyl groups is 2. The summed E-state index contributed by atoms with van der Waals surface area (Å²) < 4.78 is 5.48. The van der Waals surface area contributed by atoms with Gasteiger partial charge in [0.15, 0.2) is 0 Å². The highest BCUT2D eigenvalue weighted by Gasteiger charge is 2.20. The van der Waals surface area contributed by atoms with Gasteiger partial charge in [0, 0.05) is 12.8 Å². The summed E-state index contributed by atoms with van der Waals surface area (Å²) in [5, 5.41) is 23.3. The summed E-state index contributed by atoms with van der Waals surface area (Å²) >= 11 is 0. The molecule has 3 N–H and O–H groups in total. The first-order chi connectivity index (χ1) is 33.0. The van der Waals surface area contributed by atoms with Crippen LogP contribution in [0.1, 0.15) is 328 Å². The van der Waals surface area contributed by atoms with Crippen LogP contribution in [-0.2, 0) is 14.3 Å². The average molecular weight is 945 g/mol. The van der Waals surface area contributed by atoms with E-state index >= 15 is 0 Å². The largest absolute Gasteiger partial charge is 0.466 e. The smallest absolute Gasteiger partial charge is 0.305 e. The molecule has 0 radical (unpaired) electrons. The van der Waals surface area contributed by atoms with Gasteiger partial charge in [-0.15, -0.1) is 0 Å². The number of aliphatic hydroxyl groups excluding tert-OH is 2. The maximum Gasteiger partial charge on any atom is 0.305 e. The van der Waals surface area contributed by atoms with E-state index in [0.717, 1.165) is 64.2 Å². The number of ether oxygens (including phenoxy) is 1. The van der Waals surface area contributed by atoms with Crippen molar-refractivity contribution >= 4 is 11.9 Å². The van der Waals surface area contributed by atoms with E-state index < -0.39 is 12.1 Å². The van der Waals surface area contributed by atoms with Gasteiger partial charge in [-0.05, 0) is 57.8 Å². The SMILES string of the molecule is CCCCCC/C=C\C/C=C\CCCCCCCCCC(=O)OCCCCCCCCCCCCCCC(=O)NC(CO)C(O)CCCCCCCCCCCCCCCCCCCCCC. The fourth-order valence-electron chi connectivity index (χ4n) is 9.38. The maximum absolute atomic E-state index is 12.5. The van der Waals surface area contributed by atoms with Crippen LogP contribution in [-0.4, -0.2) is 47.4 Å². The Bertz CT molecular complexity index is 1040. The van der Waals surface area contributed by atoms with Crippen LogP contribution in [0, 0.1) is 0 Å². The predicted octanol–water partition coefficient (Wildman–Crippen LogP) is 18.6. The van der Waals surface area contributed by atoms with E-state index in [1.807, 2.05) is 0 Å². The minimum atomic E-state index is -0.676. The van der Waals surface area contributed by atoms with Crippen molar-refractivity contribution in [3.05, 3.63) is 24.3 Å². The van der Waals surface area contributed by atoms with E-state index in [1.54, 1.807) is 0 Å². The molecule has 0 spiro atoms. The number of rotatable bonds is 56. The van der Waals surface area contributed by atoms with Crippen molar-refractivity contribution in [2.45, 2.75) is 341 Å². The lowest BCUT2D eigenvalue weighted by molar-refractivity contribution is -0.143. The molecule has 0 aliphatic heterocycles. The molecular weight excluding hydrogens is 827 g/mol. The van der Waals surface area contributed by atoms with Crippen molar-refractivity contribution in [1.82, 2.24) is 5.32 Å². The highest BCUT2D eigenvalue weighted by molar-refractivity contribution is 5.76. The van der Waals surface area contributed by atoms with Crippen molar-refractivity contribution < 1.29 is 24.5 Å². The number of hydrogen-bond donors (Lipinski definition) is 3. The van der Waals surface area contributed by atoms with Crippen LogP contribution in [0.4, 0.5) is 0 Å². The van der Waals surface area contributed by atoms with Crippen molar-refractivity contribution in [1.29, 1.82) is 0 Å². The molecule has 6 nitrogen and oxygen atoms in total. The molecule has 2 atom stereocenters. The van der Waals surface area contributed by atoms with Gasteiger partial charge in [-0.25, -0.2) is 0 Å². The zero-order valence-corrected chi connectivity index (χ0v) is 45.1. The first-order valence-electron chi connectivity index (χ1n) is 30.1. The summed E-state index contributed by atoms with van der Waals surface area (Å²) in [7, 11) is 0. The lowest BCUT2D eigenvalue weighted by atomic mass is 10.0. The van der Waals surface area contributed by atoms with E-state index in [4.69, 9.17) is 4.74 Å². The Morgan fingerprint density at radius 2 is 0.746 bits per heavy atom. The van der Waals surface area contributed by atoms with Gasteiger partial charge in [-0.3, -0.25) is 9.59 Å². The third-order valence-corrected chi connectivity index (χ3v) is 14.0. The standard InChI is InChI=1S/C61H117NO5/c1-3-5-7-9-11-13-15-17-19-21-23-24-25-27-29-33-37-41-45-49-53-59(64)58(57-63)62-60(65)54-50-46-42-38-34-31-32-36-40-44-48-52-56-67-61(66)55-51-47-43-39-35-30-28-26-22-20-18-16-14-12-10-8-6-4-2/h14,16,20,22,58-59,63-64H,3-13,15,17-19,21,23-57H2,1-2H3,(H,62,65)/b16-14-,22-20-. The van der Waals surface area contributed by atoms with E-state index in [9.17, 15) is 19.8 Å². The van der Waals surface area contributed by atoms with Gasteiger partial charge in [0.2, 0.25) is 5.91 Å². The quantitative estimate of drug-likeness (QED) is 0.0321. The number of nitrogens with one attached hydrogen (secondary N) is 1. The number of amides is 1. The number of carbonyl (C=O) groups is 2. The monoisotopic (exact) mass is 944 g/mol. The molecule has 0 rings (SSSR count). The van der Waals surface area contributed by atoms with E-state index in [2.05, 4.69) is 43.5 Å². The maximum atomic E-state index is 12.5. The minimum Gasteiger partial charge on any atom is -0.466 e. The van der Waals surface area contributed by atoms with Gasteiger partial charge in [0.25, 0.3) is 0 Å². The average Bonchev–Trinajstić information content (AvgIpc) is 3.33. The summed E-state index contributed by atoms with van der Waals surface area (Å²) in [4.78, 5) is 24.6. The molecule has 1 amide bonds. The molecule has 0 aromatic rings. The van der Waals surface area contributed by atoms with Gasteiger partial charge < -0.3 is 20.3 Å². The zero-order chi connectivity index (χ0) is 48.6. The van der Waals surface area contributed by atoms with E-state index in [1.165, 1.54) is 231 Å². The Hall–Kier alpha value is -1.66. The number of carbonyl (C=O) groups excluding carboxylic acids is 2. The molecule has 0 aromatic carbocycles. The Labute approximate surface area is 418 Å². The highest BCUT2D eigenvalue weighted by atomic mass is 16.5. The van der Waals surface area contributed by atoms with E-state index in [0.29, 0.717) is 25.9 Å². The molecule has 0 aliphatic rings. The predicted molar refractivity (Wildman–Crippen MR) is 292 cm³/mol. The van der Waals surface area contributed by atoms with Crippen LogP contribution >= 0.6 is 0 Å². The third kappa shape index (κ3) is 53.5. The summed E-state index contributed by atoms with van der Waals surface area (Å²) in [6.45, 7) is 4.92. The van der Waals surface area contributed by atoms with Gasteiger partial charge in [-0.2, -0.15) is 0 Å². The Morgan fingerprint density at radius 3 is 1.15 bits per heavy atom. The lowest BCUT2D eigenvalue weighted by Crippen LogP contribution is -2.45. The number of unbranched alkanes of at least 4 members (excludes halogenated alkanes) is 41. The molecule has 2 unspecified atom stereocenters. The second-order valence-electron chi connectivity index (χ2n) is 20.7. The van der Waals surface area contributed by atoms with Crippen LogP contribution in [0.15, 0.2) is 24.3 Å². The fourth-order valence-corrected chi connectivity index (χ4v) is 9.38. The van der Waals surface area contributed by atoms with Crippen molar-refractivity contribution in [2.75, 3.05) is 13.2 Å². The third-order valence-electron chi connectivity index (χ3n) is 14.0. The van der Waals surface area contributed by atoms with Crippen molar-refractivity contribution in [2.24, 2.45) is 0 Å². The number of hydrogen-bond acceptors (Lipinski definition) is 5. The summed E-state index contributed by atoms with van der Waals surface area (Å²) in [6.07, 6.45) is 68.8. The van der Waals surface area contributed by atoms with Crippen molar-refractivity contribution in [3.8, 4) is 0 Å².